The van der Waals surface area contributed by atoms with Crippen LogP contribution in [0.4, 0.5) is 14.5 Å². The van der Waals surface area contributed by atoms with Crippen molar-refractivity contribution in [1.82, 2.24) is 0 Å². The van der Waals surface area contributed by atoms with Crippen LogP contribution in [-0.4, -0.2) is 0 Å². The monoisotopic (exact) mass is 285 g/mol. The summed E-state index contributed by atoms with van der Waals surface area (Å²) >= 11 is 6.87. The lowest BCUT2D eigenvalue weighted by atomic mass is 10.2. The minimum Gasteiger partial charge on any atom is -0.399 e. The van der Waals surface area contributed by atoms with Gasteiger partial charge in [-0.1, -0.05) is 17.7 Å². The molecule has 0 heterocycles. The Labute approximate surface area is 113 Å². The molecule has 2 N–H and O–H groups in total. The Balaban J connectivity index is 2.11. The molecular formula is C13H10ClF2NS. The van der Waals surface area contributed by atoms with Crippen LogP contribution in [0.25, 0.3) is 0 Å². The second-order valence-electron chi connectivity index (χ2n) is 3.71. The van der Waals surface area contributed by atoms with Gasteiger partial charge in [-0.15, -0.1) is 11.8 Å². The van der Waals surface area contributed by atoms with E-state index in [2.05, 4.69) is 0 Å². The average molecular weight is 286 g/mol. The van der Waals surface area contributed by atoms with Crippen molar-refractivity contribution in [3.8, 4) is 0 Å². The van der Waals surface area contributed by atoms with Gasteiger partial charge in [0.2, 0.25) is 0 Å². The number of hydrogen-bond acceptors (Lipinski definition) is 2. The molecule has 0 aliphatic carbocycles. The quantitative estimate of drug-likeness (QED) is 0.664. The second kappa shape index (κ2) is 5.59. The van der Waals surface area contributed by atoms with Crippen molar-refractivity contribution >= 4 is 29.1 Å². The van der Waals surface area contributed by atoms with Gasteiger partial charge in [0.25, 0.3) is 0 Å². The van der Waals surface area contributed by atoms with E-state index >= 15 is 0 Å². The van der Waals surface area contributed by atoms with Gasteiger partial charge in [-0.05, 0) is 35.9 Å². The zero-order chi connectivity index (χ0) is 13.1. The standard InChI is InChI=1S/C13H10ClF2NS/c14-9-2-1-8(11(15)5-9)7-18-13-4-3-10(17)6-12(13)16/h1-6H,7,17H2. The van der Waals surface area contributed by atoms with Crippen molar-refractivity contribution in [3.05, 3.63) is 58.6 Å². The van der Waals surface area contributed by atoms with Gasteiger partial charge in [0.15, 0.2) is 0 Å². The minimum absolute atomic E-state index is 0.337. The third kappa shape index (κ3) is 3.15. The lowest BCUT2D eigenvalue weighted by Crippen LogP contribution is -1.90. The normalized spacial score (nSPS) is 10.6. The van der Waals surface area contributed by atoms with Crippen LogP contribution in [0.5, 0.6) is 0 Å². The lowest BCUT2D eigenvalue weighted by molar-refractivity contribution is 0.602. The number of benzene rings is 2. The summed E-state index contributed by atoms with van der Waals surface area (Å²) in [5.74, 6) is -0.440. The number of thioether (sulfide) groups is 1. The molecule has 0 saturated heterocycles. The molecule has 1 nitrogen and oxygen atoms in total. The smallest absolute Gasteiger partial charge is 0.138 e. The Morgan fingerprint density at radius 3 is 2.50 bits per heavy atom. The number of hydrogen-bond donors (Lipinski definition) is 1. The zero-order valence-electron chi connectivity index (χ0n) is 9.29. The van der Waals surface area contributed by atoms with Crippen molar-refractivity contribution < 1.29 is 8.78 Å². The maximum Gasteiger partial charge on any atom is 0.138 e. The molecule has 0 bridgehead atoms. The van der Waals surface area contributed by atoms with E-state index < -0.39 is 5.82 Å². The summed E-state index contributed by atoms with van der Waals surface area (Å²) in [4.78, 5) is 0.443. The summed E-state index contributed by atoms with van der Waals surface area (Å²) in [6, 6.07) is 8.91. The van der Waals surface area contributed by atoms with E-state index in [0.717, 1.165) is 0 Å². The first-order chi connectivity index (χ1) is 8.56. The zero-order valence-corrected chi connectivity index (χ0v) is 10.9. The van der Waals surface area contributed by atoms with Gasteiger partial charge in [-0.3, -0.25) is 0 Å². The summed E-state index contributed by atoms with van der Waals surface area (Å²) in [5, 5.41) is 0.347. The van der Waals surface area contributed by atoms with Gasteiger partial charge in [0, 0.05) is 21.4 Å². The number of rotatable bonds is 3. The molecule has 18 heavy (non-hydrogen) atoms. The molecule has 0 atom stereocenters. The highest BCUT2D eigenvalue weighted by Crippen LogP contribution is 2.28. The highest BCUT2D eigenvalue weighted by Gasteiger charge is 2.07. The van der Waals surface area contributed by atoms with Crippen molar-refractivity contribution in [2.24, 2.45) is 0 Å². The third-order valence-corrected chi connectivity index (χ3v) is 3.69. The Morgan fingerprint density at radius 1 is 1.06 bits per heavy atom. The summed E-state index contributed by atoms with van der Waals surface area (Å²) in [6.07, 6.45) is 0. The van der Waals surface area contributed by atoms with Crippen molar-refractivity contribution in [2.75, 3.05) is 5.73 Å². The van der Waals surface area contributed by atoms with E-state index in [1.165, 1.54) is 23.9 Å². The van der Waals surface area contributed by atoms with Gasteiger partial charge < -0.3 is 5.73 Å². The molecule has 2 aromatic carbocycles. The van der Waals surface area contributed by atoms with Gasteiger partial charge in [0.05, 0.1) is 0 Å². The molecule has 94 valence electrons. The molecule has 0 aromatic heterocycles. The van der Waals surface area contributed by atoms with Crippen molar-refractivity contribution in [2.45, 2.75) is 10.6 Å². The highest BCUT2D eigenvalue weighted by atomic mass is 35.5. The van der Waals surface area contributed by atoms with Crippen molar-refractivity contribution in [3.63, 3.8) is 0 Å². The SMILES string of the molecule is Nc1ccc(SCc2ccc(Cl)cc2F)c(F)c1. The summed E-state index contributed by atoms with van der Waals surface area (Å²) < 4.78 is 27.0. The molecule has 0 aliphatic rings. The van der Waals surface area contributed by atoms with Crippen LogP contribution in [0.2, 0.25) is 5.02 Å². The average Bonchev–Trinajstić information content (AvgIpc) is 2.30. The van der Waals surface area contributed by atoms with E-state index in [-0.39, 0.29) is 5.82 Å². The molecule has 0 aliphatic heterocycles. The summed E-state index contributed by atoms with van der Waals surface area (Å²) in [6.45, 7) is 0. The first-order valence-corrected chi connectivity index (χ1v) is 6.54. The van der Waals surface area contributed by atoms with Crippen LogP contribution in [0, 0.1) is 11.6 Å². The molecular weight excluding hydrogens is 276 g/mol. The first-order valence-electron chi connectivity index (χ1n) is 5.18. The molecule has 0 fully saturated rings. The van der Waals surface area contributed by atoms with Crippen LogP contribution in [0.1, 0.15) is 5.56 Å². The molecule has 0 saturated carbocycles. The fourth-order valence-corrected chi connectivity index (χ4v) is 2.49. The molecule has 0 amide bonds. The fraction of sp³-hybridized carbons (Fsp3) is 0.0769. The fourth-order valence-electron chi connectivity index (χ4n) is 1.43. The van der Waals surface area contributed by atoms with Crippen LogP contribution >= 0.6 is 23.4 Å². The maximum absolute atomic E-state index is 13.5. The molecule has 5 heteroatoms. The number of nitrogen functional groups attached to an aromatic ring is 1. The van der Waals surface area contributed by atoms with Crippen molar-refractivity contribution in [1.29, 1.82) is 0 Å². The Morgan fingerprint density at radius 2 is 1.83 bits per heavy atom. The molecule has 0 unspecified atom stereocenters. The summed E-state index contributed by atoms with van der Waals surface area (Å²) in [7, 11) is 0. The second-order valence-corrected chi connectivity index (χ2v) is 5.17. The Bertz CT molecular complexity index is 523. The predicted octanol–water partition coefficient (Wildman–Crippen LogP) is 4.49. The van der Waals surface area contributed by atoms with E-state index in [4.69, 9.17) is 17.3 Å². The molecule has 2 aromatic rings. The van der Waals surface area contributed by atoms with Crippen LogP contribution in [0.3, 0.4) is 0 Å². The lowest BCUT2D eigenvalue weighted by Gasteiger charge is -2.05. The van der Waals surface area contributed by atoms with E-state index in [0.29, 0.717) is 26.9 Å². The van der Waals surface area contributed by atoms with E-state index in [9.17, 15) is 8.78 Å². The first kappa shape index (κ1) is 13.2. The van der Waals surface area contributed by atoms with Gasteiger partial charge in [-0.2, -0.15) is 0 Å². The van der Waals surface area contributed by atoms with Gasteiger partial charge in [0.1, 0.15) is 11.6 Å². The largest absolute Gasteiger partial charge is 0.399 e. The highest BCUT2D eigenvalue weighted by molar-refractivity contribution is 7.98. The van der Waals surface area contributed by atoms with Gasteiger partial charge >= 0.3 is 0 Å². The number of anilines is 1. The Hall–Kier alpha value is -1.26. The number of halogens is 3. The molecule has 0 radical (unpaired) electrons. The summed E-state index contributed by atoms with van der Waals surface area (Å²) in [5.41, 5.74) is 6.31. The minimum atomic E-state index is -0.394. The van der Waals surface area contributed by atoms with E-state index in [1.54, 1.807) is 24.3 Å². The third-order valence-electron chi connectivity index (χ3n) is 2.35. The predicted molar refractivity (Wildman–Crippen MR) is 71.8 cm³/mol. The van der Waals surface area contributed by atoms with E-state index in [1.807, 2.05) is 0 Å². The molecule has 2 rings (SSSR count). The van der Waals surface area contributed by atoms with Gasteiger partial charge in [-0.25, -0.2) is 8.78 Å². The topological polar surface area (TPSA) is 26.0 Å². The maximum atomic E-state index is 13.5. The Kier molecular flexibility index (Phi) is 4.09. The van der Waals surface area contributed by atoms with Crippen LogP contribution < -0.4 is 5.73 Å². The molecule has 0 spiro atoms. The van der Waals surface area contributed by atoms with Crippen LogP contribution in [-0.2, 0) is 5.75 Å². The van der Waals surface area contributed by atoms with Crippen LogP contribution in [0.15, 0.2) is 41.3 Å². The number of nitrogens with two attached hydrogens (primary N) is 1.